The van der Waals surface area contributed by atoms with E-state index in [9.17, 15) is 9.59 Å². The fourth-order valence-corrected chi connectivity index (χ4v) is 2.77. The number of hydrogen-bond donors (Lipinski definition) is 0. The van der Waals surface area contributed by atoms with Gasteiger partial charge in [0, 0.05) is 6.07 Å². The first kappa shape index (κ1) is 21.6. The van der Waals surface area contributed by atoms with Crippen LogP contribution in [0.15, 0.2) is 66.9 Å². The second-order valence-electron chi connectivity index (χ2n) is 6.28. The number of carbonyl (C=O) groups excluding carboxylic acids is 2. The molecule has 0 aliphatic carbocycles. The number of para-hydroxylation sites is 1. The maximum atomic E-state index is 12.5. The van der Waals surface area contributed by atoms with Crippen LogP contribution in [0.4, 0.5) is 0 Å². The topological polar surface area (TPSA) is 84.0 Å². The Bertz CT molecular complexity index is 1110. The number of esters is 1. The van der Waals surface area contributed by atoms with E-state index in [2.05, 4.69) is 9.72 Å². The minimum absolute atomic E-state index is 0.212. The number of aromatic nitrogens is 1. The standard InChI is InChI=1S/C24H21NO6/c1-28-21-7-5-4-6-19(21)20(26)13-10-17-14-22(23(29-2)15-25-17)31-18-11-8-16(9-12-18)24(27)30-3/h4-15H,1-3H3/b13-10+. The SMILES string of the molecule is COC(=O)c1ccc(Oc2cc(/C=C/C(=O)c3ccccc3OC)ncc2OC)cc1. The van der Waals surface area contributed by atoms with Crippen molar-refractivity contribution in [3.8, 4) is 23.0 Å². The summed E-state index contributed by atoms with van der Waals surface area (Å²) >= 11 is 0. The molecule has 0 aliphatic rings. The molecule has 0 radical (unpaired) electrons. The van der Waals surface area contributed by atoms with Crippen molar-refractivity contribution < 1.29 is 28.5 Å². The highest BCUT2D eigenvalue weighted by atomic mass is 16.5. The van der Waals surface area contributed by atoms with Crippen molar-refractivity contribution in [3.63, 3.8) is 0 Å². The lowest BCUT2D eigenvalue weighted by atomic mass is 10.1. The van der Waals surface area contributed by atoms with Gasteiger partial charge >= 0.3 is 5.97 Å². The number of methoxy groups -OCH3 is 3. The van der Waals surface area contributed by atoms with Crippen molar-refractivity contribution in [3.05, 3.63) is 83.7 Å². The monoisotopic (exact) mass is 419 g/mol. The second-order valence-corrected chi connectivity index (χ2v) is 6.28. The van der Waals surface area contributed by atoms with Crippen molar-refractivity contribution in [1.29, 1.82) is 0 Å². The fraction of sp³-hybridized carbons (Fsp3) is 0.125. The molecule has 31 heavy (non-hydrogen) atoms. The average molecular weight is 419 g/mol. The summed E-state index contributed by atoms with van der Waals surface area (Å²) in [7, 11) is 4.34. The predicted molar refractivity (Wildman–Crippen MR) is 115 cm³/mol. The Morgan fingerprint density at radius 1 is 0.871 bits per heavy atom. The number of rotatable bonds is 8. The van der Waals surface area contributed by atoms with Gasteiger partial charge in [0.05, 0.1) is 44.3 Å². The molecule has 1 heterocycles. The molecule has 0 N–H and O–H groups in total. The van der Waals surface area contributed by atoms with Gasteiger partial charge in [0.15, 0.2) is 17.3 Å². The van der Waals surface area contributed by atoms with Gasteiger partial charge < -0.3 is 18.9 Å². The van der Waals surface area contributed by atoms with Gasteiger partial charge in [0.25, 0.3) is 0 Å². The van der Waals surface area contributed by atoms with Crippen molar-refractivity contribution >= 4 is 17.8 Å². The summed E-state index contributed by atoms with van der Waals surface area (Å²) in [6, 6.07) is 15.1. The predicted octanol–water partition coefficient (Wildman–Crippen LogP) is 4.57. The van der Waals surface area contributed by atoms with Gasteiger partial charge in [-0.2, -0.15) is 0 Å². The Labute approximate surface area is 179 Å². The smallest absolute Gasteiger partial charge is 0.337 e. The molecule has 0 spiro atoms. The third-order valence-corrected chi connectivity index (χ3v) is 4.35. The van der Waals surface area contributed by atoms with E-state index in [1.165, 1.54) is 33.6 Å². The molecule has 7 nitrogen and oxygen atoms in total. The zero-order valence-electron chi connectivity index (χ0n) is 17.3. The van der Waals surface area contributed by atoms with Crippen molar-refractivity contribution in [2.45, 2.75) is 0 Å². The summed E-state index contributed by atoms with van der Waals surface area (Å²) in [6.07, 6.45) is 4.51. The van der Waals surface area contributed by atoms with Gasteiger partial charge in [-0.25, -0.2) is 4.79 Å². The Hall–Kier alpha value is -4.13. The van der Waals surface area contributed by atoms with Crippen molar-refractivity contribution in [2.24, 2.45) is 0 Å². The molecule has 158 valence electrons. The largest absolute Gasteiger partial charge is 0.496 e. The molecule has 7 heteroatoms. The van der Waals surface area contributed by atoms with E-state index in [-0.39, 0.29) is 5.78 Å². The molecule has 3 rings (SSSR count). The zero-order chi connectivity index (χ0) is 22.2. The Balaban J connectivity index is 1.81. The molecule has 3 aromatic rings. The van der Waals surface area contributed by atoms with Gasteiger partial charge in [-0.3, -0.25) is 9.78 Å². The van der Waals surface area contributed by atoms with Gasteiger partial charge in [0.2, 0.25) is 0 Å². The number of pyridine rings is 1. The first-order valence-corrected chi connectivity index (χ1v) is 9.31. The molecular formula is C24H21NO6. The van der Waals surface area contributed by atoms with Crippen molar-refractivity contribution in [1.82, 2.24) is 4.98 Å². The zero-order valence-corrected chi connectivity index (χ0v) is 17.3. The molecular weight excluding hydrogens is 398 g/mol. The third kappa shape index (κ3) is 5.27. The lowest BCUT2D eigenvalue weighted by molar-refractivity contribution is 0.0600. The first-order chi connectivity index (χ1) is 15.0. The van der Waals surface area contributed by atoms with E-state index in [1.54, 1.807) is 60.7 Å². The minimum Gasteiger partial charge on any atom is -0.496 e. The van der Waals surface area contributed by atoms with Crippen LogP contribution in [0.3, 0.4) is 0 Å². The van der Waals surface area contributed by atoms with Gasteiger partial charge in [0.1, 0.15) is 11.5 Å². The van der Waals surface area contributed by atoms with Crippen LogP contribution in [0.25, 0.3) is 6.08 Å². The molecule has 0 fully saturated rings. The Kier molecular flexibility index (Phi) is 7.01. The van der Waals surface area contributed by atoms with Crippen LogP contribution in [0.2, 0.25) is 0 Å². The van der Waals surface area contributed by atoms with Crippen LogP contribution in [0.5, 0.6) is 23.0 Å². The molecule has 0 aliphatic heterocycles. The van der Waals surface area contributed by atoms with Crippen LogP contribution in [-0.4, -0.2) is 38.1 Å². The summed E-state index contributed by atoms with van der Waals surface area (Å²) in [5, 5.41) is 0. The molecule has 0 bridgehead atoms. The van der Waals surface area contributed by atoms with E-state index in [1.807, 2.05) is 0 Å². The van der Waals surface area contributed by atoms with Gasteiger partial charge in [-0.05, 0) is 48.6 Å². The summed E-state index contributed by atoms with van der Waals surface area (Å²) in [5.41, 5.74) is 1.37. The van der Waals surface area contributed by atoms with Crippen LogP contribution in [0, 0.1) is 0 Å². The lowest BCUT2D eigenvalue weighted by Gasteiger charge is -2.11. The van der Waals surface area contributed by atoms with E-state index < -0.39 is 5.97 Å². The molecule has 0 amide bonds. The van der Waals surface area contributed by atoms with Gasteiger partial charge in [-0.1, -0.05) is 12.1 Å². The van der Waals surface area contributed by atoms with Crippen LogP contribution in [-0.2, 0) is 4.74 Å². The van der Waals surface area contributed by atoms with E-state index >= 15 is 0 Å². The maximum absolute atomic E-state index is 12.5. The Morgan fingerprint density at radius 2 is 1.58 bits per heavy atom. The summed E-state index contributed by atoms with van der Waals surface area (Å²) in [6.45, 7) is 0. The van der Waals surface area contributed by atoms with Crippen molar-refractivity contribution in [2.75, 3.05) is 21.3 Å². The number of ketones is 1. The highest BCUT2D eigenvalue weighted by molar-refractivity contribution is 6.08. The molecule has 0 saturated carbocycles. The highest BCUT2D eigenvalue weighted by Crippen LogP contribution is 2.32. The molecule has 2 aromatic carbocycles. The fourth-order valence-electron chi connectivity index (χ4n) is 2.77. The van der Waals surface area contributed by atoms with Crippen LogP contribution < -0.4 is 14.2 Å². The quantitative estimate of drug-likeness (QED) is 0.300. The summed E-state index contributed by atoms with van der Waals surface area (Å²) in [4.78, 5) is 28.4. The number of hydrogen-bond acceptors (Lipinski definition) is 7. The Morgan fingerprint density at radius 3 is 2.26 bits per heavy atom. The molecule has 1 aromatic heterocycles. The summed E-state index contributed by atoms with van der Waals surface area (Å²) in [5.74, 6) is 1.19. The van der Waals surface area contributed by atoms with E-state index in [0.717, 1.165) is 0 Å². The number of allylic oxidation sites excluding steroid dienone is 1. The number of carbonyl (C=O) groups is 2. The van der Waals surface area contributed by atoms with E-state index in [4.69, 9.17) is 14.2 Å². The third-order valence-electron chi connectivity index (χ3n) is 4.35. The van der Waals surface area contributed by atoms with Crippen LogP contribution in [0.1, 0.15) is 26.4 Å². The highest BCUT2D eigenvalue weighted by Gasteiger charge is 2.11. The minimum atomic E-state index is -0.430. The number of nitrogens with zero attached hydrogens (tertiary/aromatic N) is 1. The summed E-state index contributed by atoms with van der Waals surface area (Å²) < 4.78 is 21.1. The number of ether oxygens (including phenoxy) is 4. The maximum Gasteiger partial charge on any atom is 0.337 e. The second kappa shape index (κ2) is 10.1. The normalized spacial score (nSPS) is 10.5. The molecule has 0 saturated heterocycles. The van der Waals surface area contributed by atoms with Crippen LogP contribution >= 0.6 is 0 Å². The number of benzene rings is 2. The van der Waals surface area contributed by atoms with Gasteiger partial charge in [-0.15, -0.1) is 0 Å². The molecule has 0 atom stereocenters. The average Bonchev–Trinajstić information content (AvgIpc) is 2.82. The van der Waals surface area contributed by atoms with E-state index in [0.29, 0.717) is 39.8 Å². The lowest BCUT2D eigenvalue weighted by Crippen LogP contribution is -2.00. The first-order valence-electron chi connectivity index (χ1n) is 9.31. The molecule has 0 unspecified atom stereocenters.